The van der Waals surface area contributed by atoms with Crippen molar-refractivity contribution in [3.8, 4) is 0 Å². The van der Waals surface area contributed by atoms with E-state index in [1.807, 2.05) is 4.83 Å². The third-order valence-electron chi connectivity index (χ3n) is 1.51. The van der Waals surface area contributed by atoms with E-state index in [4.69, 9.17) is 0 Å². The monoisotopic (exact) mass is 243 g/mol. The second kappa shape index (κ2) is 4.71. The van der Waals surface area contributed by atoms with Crippen LogP contribution in [0, 0.1) is 10.1 Å². The predicted octanol–water partition coefficient (Wildman–Crippen LogP) is 0.478. The molecule has 7 nitrogen and oxygen atoms in total. The molecule has 8 heteroatoms. The molecule has 0 aliphatic heterocycles. The minimum atomic E-state index is -3.40. The van der Waals surface area contributed by atoms with Crippen LogP contribution in [0.3, 0.4) is 0 Å². The van der Waals surface area contributed by atoms with Gasteiger partial charge in [0.2, 0.25) is 10.0 Å². The molecular formula is C8H9N3O4S. The van der Waals surface area contributed by atoms with Gasteiger partial charge in [-0.1, -0.05) is 12.1 Å². The van der Waals surface area contributed by atoms with Crippen LogP contribution in [0.15, 0.2) is 29.4 Å². The fourth-order valence-electron chi connectivity index (χ4n) is 0.915. The average molecular weight is 243 g/mol. The number of nitro benzene ring substituents is 1. The molecule has 0 atom stereocenters. The fraction of sp³-hybridized carbons (Fsp3) is 0.125. The van der Waals surface area contributed by atoms with E-state index in [1.165, 1.54) is 24.4 Å². The summed E-state index contributed by atoms with van der Waals surface area (Å²) in [5.74, 6) is 0. The Morgan fingerprint density at radius 3 is 2.75 bits per heavy atom. The summed E-state index contributed by atoms with van der Waals surface area (Å²) in [6.45, 7) is 0. The average Bonchev–Trinajstić information content (AvgIpc) is 2.16. The molecule has 1 aromatic carbocycles. The van der Waals surface area contributed by atoms with E-state index in [-0.39, 0.29) is 5.69 Å². The van der Waals surface area contributed by atoms with Gasteiger partial charge in [-0.15, -0.1) is 0 Å². The maximum Gasteiger partial charge on any atom is 0.270 e. The highest BCUT2D eigenvalue weighted by Gasteiger charge is 2.04. The van der Waals surface area contributed by atoms with E-state index < -0.39 is 14.9 Å². The van der Waals surface area contributed by atoms with Crippen LogP contribution < -0.4 is 4.83 Å². The SMILES string of the molecule is CS(=O)(=O)N/N=C/c1cccc([N+](=O)[O-])c1. The second-order valence-corrected chi connectivity index (χ2v) is 4.70. The van der Waals surface area contributed by atoms with Crippen LogP contribution in [0.25, 0.3) is 0 Å². The summed E-state index contributed by atoms with van der Waals surface area (Å²) < 4.78 is 21.3. The zero-order valence-corrected chi connectivity index (χ0v) is 9.14. The molecule has 0 amide bonds. The Labute approximate surface area is 92.0 Å². The summed E-state index contributed by atoms with van der Waals surface area (Å²) in [7, 11) is -3.40. The number of non-ortho nitro benzene ring substituents is 1. The van der Waals surface area contributed by atoms with Crippen molar-refractivity contribution in [3.05, 3.63) is 39.9 Å². The lowest BCUT2D eigenvalue weighted by molar-refractivity contribution is -0.384. The van der Waals surface area contributed by atoms with E-state index in [9.17, 15) is 18.5 Å². The number of rotatable bonds is 4. The van der Waals surface area contributed by atoms with Gasteiger partial charge in [-0.05, 0) is 0 Å². The van der Waals surface area contributed by atoms with E-state index in [0.717, 1.165) is 6.26 Å². The van der Waals surface area contributed by atoms with Gasteiger partial charge in [-0.25, -0.2) is 13.2 Å². The number of benzene rings is 1. The van der Waals surface area contributed by atoms with Gasteiger partial charge in [0.1, 0.15) is 0 Å². The van der Waals surface area contributed by atoms with Crippen LogP contribution in [0.5, 0.6) is 0 Å². The highest BCUT2D eigenvalue weighted by Crippen LogP contribution is 2.11. The van der Waals surface area contributed by atoms with Gasteiger partial charge in [-0.3, -0.25) is 10.1 Å². The van der Waals surface area contributed by atoms with Crippen LogP contribution in [0.1, 0.15) is 5.56 Å². The van der Waals surface area contributed by atoms with Crippen LogP contribution in [-0.4, -0.2) is 25.8 Å². The molecule has 0 saturated carbocycles. The molecule has 16 heavy (non-hydrogen) atoms. The lowest BCUT2D eigenvalue weighted by atomic mass is 10.2. The Kier molecular flexibility index (Phi) is 3.56. The largest absolute Gasteiger partial charge is 0.270 e. The lowest BCUT2D eigenvalue weighted by Gasteiger charge is -1.95. The number of hydrogen-bond donors (Lipinski definition) is 1. The standard InChI is InChI=1S/C8H9N3O4S/c1-16(14,15)10-9-6-7-3-2-4-8(5-7)11(12)13/h2-6,10H,1H3/b9-6+. The molecule has 0 fully saturated rings. The first-order chi connectivity index (χ1) is 7.38. The summed E-state index contributed by atoms with van der Waals surface area (Å²) in [6.07, 6.45) is 2.14. The second-order valence-electron chi connectivity index (χ2n) is 2.97. The Hall–Kier alpha value is -1.96. The molecular weight excluding hydrogens is 234 g/mol. The van der Waals surface area contributed by atoms with Crippen molar-refractivity contribution in [1.82, 2.24) is 4.83 Å². The predicted molar refractivity (Wildman–Crippen MR) is 58.7 cm³/mol. The lowest BCUT2D eigenvalue weighted by Crippen LogP contribution is -2.15. The summed E-state index contributed by atoms with van der Waals surface area (Å²) in [6, 6.07) is 5.68. The third-order valence-corrected chi connectivity index (χ3v) is 1.95. The van der Waals surface area contributed by atoms with E-state index in [0.29, 0.717) is 5.56 Å². The first kappa shape index (κ1) is 12.1. The van der Waals surface area contributed by atoms with Crippen LogP contribution >= 0.6 is 0 Å². The minimum absolute atomic E-state index is 0.0803. The van der Waals surface area contributed by atoms with Crippen molar-refractivity contribution >= 4 is 21.9 Å². The van der Waals surface area contributed by atoms with Gasteiger partial charge in [0, 0.05) is 17.7 Å². The minimum Gasteiger partial charge on any atom is -0.258 e. The number of hydrogen-bond acceptors (Lipinski definition) is 5. The highest BCUT2D eigenvalue weighted by atomic mass is 32.2. The zero-order valence-electron chi connectivity index (χ0n) is 8.32. The summed E-state index contributed by atoms with van der Waals surface area (Å²) in [5.41, 5.74) is 0.355. The van der Waals surface area contributed by atoms with Crippen LogP contribution in [0.2, 0.25) is 0 Å². The number of sulfonamides is 1. The summed E-state index contributed by atoms with van der Waals surface area (Å²) in [5, 5.41) is 13.9. The molecule has 0 radical (unpaired) electrons. The van der Waals surface area contributed by atoms with Gasteiger partial charge in [0.25, 0.3) is 5.69 Å². The number of nitrogens with zero attached hydrogens (tertiary/aromatic N) is 2. The molecule has 0 bridgehead atoms. The molecule has 0 heterocycles. The maximum atomic E-state index is 10.7. The van der Waals surface area contributed by atoms with Crippen molar-refractivity contribution < 1.29 is 13.3 Å². The molecule has 1 aromatic rings. The molecule has 0 unspecified atom stereocenters. The molecule has 0 saturated heterocycles. The fourth-order valence-corrected chi connectivity index (χ4v) is 1.16. The summed E-state index contributed by atoms with van der Waals surface area (Å²) >= 11 is 0. The van der Waals surface area contributed by atoms with E-state index >= 15 is 0 Å². The number of nitro groups is 1. The normalized spacial score (nSPS) is 11.6. The molecule has 0 aromatic heterocycles. The first-order valence-corrected chi connectivity index (χ1v) is 6.02. The van der Waals surface area contributed by atoms with E-state index in [1.54, 1.807) is 6.07 Å². The Bertz CT molecular complexity index is 524. The van der Waals surface area contributed by atoms with Crippen LogP contribution in [-0.2, 0) is 10.0 Å². The van der Waals surface area contributed by atoms with E-state index in [2.05, 4.69) is 5.10 Å². The molecule has 1 rings (SSSR count). The Balaban J connectivity index is 2.82. The van der Waals surface area contributed by atoms with Crippen molar-refractivity contribution in [1.29, 1.82) is 0 Å². The summed E-state index contributed by atoms with van der Waals surface area (Å²) in [4.78, 5) is 11.8. The van der Waals surface area contributed by atoms with Gasteiger partial charge in [-0.2, -0.15) is 5.10 Å². The molecule has 0 spiro atoms. The Morgan fingerprint density at radius 2 is 2.19 bits per heavy atom. The van der Waals surface area contributed by atoms with Crippen molar-refractivity contribution in [2.75, 3.05) is 6.26 Å². The van der Waals surface area contributed by atoms with Gasteiger partial charge >= 0.3 is 0 Å². The number of hydrazone groups is 1. The smallest absolute Gasteiger partial charge is 0.258 e. The van der Waals surface area contributed by atoms with Crippen molar-refractivity contribution in [2.45, 2.75) is 0 Å². The third kappa shape index (κ3) is 4.05. The van der Waals surface area contributed by atoms with Gasteiger partial charge in [0.05, 0.1) is 17.4 Å². The van der Waals surface area contributed by atoms with Gasteiger partial charge in [0.15, 0.2) is 0 Å². The topological polar surface area (TPSA) is 102 Å². The van der Waals surface area contributed by atoms with Gasteiger partial charge < -0.3 is 0 Å². The number of nitrogens with one attached hydrogen (secondary N) is 1. The molecule has 1 N–H and O–H groups in total. The van der Waals surface area contributed by atoms with Crippen molar-refractivity contribution in [3.63, 3.8) is 0 Å². The van der Waals surface area contributed by atoms with Crippen LogP contribution in [0.4, 0.5) is 5.69 Å². The molecule has 0 aliphatic carbocycles. The molecule has 0 aliphatic rings. The highest BCUT2D eigenvalue weighted by molar-refractivity contribution is 7.88. The zero-order chi connectivity index (χ0) is 12.2. The van der Waals surface area contributed by atoms with Crippen molar-refractivity contribution in [2.24, 2.45) is 5.10 Å². The Morgan fingerprint density at radius 1 is 1.50 bits per heavy atom. The first-order valence-electron chi connectivity index (χ1n) is 4.13. The quantitative estimate of drug-likeness (QED) is 0.472. The molecule has 86 valence electrons. The maximum absolute atomic E-state index is 10.7.